The molecule has 2 N–H and O–H groups in total. The summed E-state index contributed by atoms with van der Waals surface area (Å²) in [6.45, 7) is 1.06. The predicted octanol–water partition coefficient (Wildman–Crippen LogP) is -0.195. The number of carbonyl (C=O) groups excluding carboxylic acids is 1. The van der Waals surface area contributed by atoms with Crippen LogP contribution in [0, 0.1) is 0 Å². The van der Waals surface area contributed by atoms with Gasteiger partial charge in [0.1, 0.15) is 0 Å². The van der Waals surface area contributed by atoms with Crippen molar-refractivity contribution in [2.24, 2.45) is 0 Å². The Balaban J connectivity index is 2.23. The minimum absolute atomic E-state index is 0.132. The number of likely N-dealkylation sites (N-methyl/N-ethyl adjacent to an activating group) is 1. The molecule has 1 saturated heterocycles. The molecule has 2 atom stereocenters. The Morgan fingerprint density at radius 2 is 2.07 bits per heavy atom. The van der Waals surface area contributed by atoms with Crippen LogP contribution in [0.2, 0.25) is 0 Å². The van der Waals surface area contributed by atoms with Gasteiger partial charge in [0.25, 0.3) is 0 Å². The van der Waals surface area contributed by atoms with E-state index in [9.17, 15) is 4.79 Å². The zero-order valence-corrected chi connectivity index (χ0v) is 9.34. The van der Waals surface area contributed by atoms with Crippen LogP contribution in [0.5, 0.6) is 0 Å². The van der Waals surface area contributed by atoms with E-state index in [1.807, 2.05) is 0 Å². The Morgan fingerprint density at radius 1 is 1.43 bits per heavy atom. The lowest BCUT2D eigenvalue weighted by molar-refractivity contribution is -0.121. The van der Waals surface area contributed by atoms with E-state index in [1.54, 1.807) is 7.05 Å². The van der Waals surface area contributed by atoms with Crippen molar-refractivity contribution in [1.82, 2.24) is 15.5 Å². The summed E-state index contributed by atoms with van der Waals surface area (Å²) in [7, 11) is 5.84. The average Bonchev–Trinajstić information content (AvgIpc) is 2.51. The van der Waals surface area contributed by atoms with E-state index in [4.69, 9.17) is 0 Å². The van der Waals surface area contributed by atoms with Gasteiger partial charge < -0.3 is 15.5 Å². The van der Waals surface area contributed by atoms with Crippen molar-refractivity contribution in [3.8, 4) is 0 Å². The van der Waals surface area contributed by atoms with Gasteiger partial charge in [-0.25, -0.2) is 0 Å². The molecule has 0 unspecified atom stereocenters. The zero-order chi connectivity index (χ0) is 10.6. The van der Waals surface area contributed by atoms with E-state index in [-0.39, 0.29) is 5.91 Å². The number of hydrogen-bond acceptors (Lipinski definition) is 3. The van der Waals surface area contributed by atoms with Crippen LogP contribution in [0.3, 0.4) is 0 Å². The molecular weight excluding hydrogens is 178 g/mol. The van der Waals surface area contributed by atoms with Crippen LogP contribution in [0.4, 0.5) is 0 Å². The van der Waals surface area contributed by atoms with Crippen molar-refractivity contribution in [2.75, 3.05) is 27.7 Å². The number of rotatable bonds is 4. The Kier molecular flexibility index (Phi) is 4.35. The Bertz CT molecular complexity index is 194. The van der Waals surface area contributed by atoms with Crippen LogP contribution in [-0.2, 0) is 4.79 Å². The molecule has 0 aliphatic carbocycles. The smallest absolute Gasteiger partial charge is 0.221 e. The van der Waals surface area contributed by atoms with Gasteiger partial charge in [-0.05, 0) is 26.9 Å². The molecule has 1 rings (SSSR count). The lowest BCUT2D eigenvalue weighted by Gasteiger charge is -2.17. The van der Waals surface area contributed by atoms with Gasteiger partial charge in [0.05, 0.1) is 0 Å². The van der Waals surface area contributed by atoms with Gasteiger partial charge in [-0.3, -0.25) is 4.79 Å². The topological polar surface area (TPSA) is 44.4 Å². The number of nitrogens with one attached hydrogen (secondary N) is 2. The molecule has 1 heterocycles. The van der Waals surface area contributed by atoms with E-state index < -0.39 is 0 Å². The molecule has 82 valence electrons. The van der Waals surface area contributed by atoms with E-state index in [0.717, 1.165) is 13.0 Å². The maximum atomic E-state index is 11.1. The first-order valence-electron chi connectivity index (χ1n) is 5.23. The van der Waals surface area contributed by atoms with Gasteiger partial charge in [0, 0.05) is 32.1 Å². The van der Waals surface area contributed by atoms with Gasteiger partial charge in [0.2, 0.25) is 5.91 Å². The van der Waals surface area contributed by atoms with Crippen LogP contribution >= 0.6 is 0 Å². The molecule has 0 bridgehead atoms. The summed E-state index contributed by atoms with van der Waals surface area (Å²) >= 11 is 0. The molecular formula is C10H21N3O. The zero-order valence-electron chi connectivity index (χ0n) is 9.34. The fourth-order valence-corrected chi connectivity index (χ4v) is 1.97. The second kappa shape index (κ2) is 5.32. The van der Waals surface area contributed by atoms with Crippen LogP contribution in [0.15, 0.2) is 0 Å². The summed E-state index contributed by atoms with van der Waals surface area (Å²) < 4.78 is 0. The number of amides is 1. The summed E-state index contributed by atoms with van der Waals surface area (Å²) in [5.41, 5.74) is 0. The Morgan fingerprint density at radius 3 is 2.64 bits per heavy atom. The quantitative estimate of drug-likeness (QED) is 0.659. The highest BCUT2D eigenvalue weighted by molar-refractivity contribution is 5.76. The fourth-order valence-electron chi connectivity index (χ4n) is 1.97. The SMILES string of the molecule is CNC(=O)C[C@H]1CC[C@@H](CN(C)C)N1. The van der Waals surface area contributed by atoms with Gasteiger partial charge in [-0.15, -0.1) is 0 Å². The van der Waals surface area contributed by atoms with Gasteiger partial charge in [0.15, 0.2) is 0 Å². The average molecular weight is 199 g/mol. The van der Waals surface area contributed by atoms with Crippen molar-refractivity contribution in [3.05, 3.63) is 0 Å². The van der Waals surface area contributed by atoms with Crippen molar-refractivity contribution in [2.45, 2.75) is 31.3 Å². The third-order valence-corrected chi connectivity index (χ3v) is 2.63. The number of carbonyl (C=O) groups is 1. The largest absolute Gasteiger partial charge is 0.359 e. The number of hydrogen-bond donors (Lipinski definition) is 2. The van der Waals surface area contributed by atoms with Crippen LogP contribution < -0.4 is 10.6 Å². The van der Waals surface area contributed by atoms with Crippen molar-refractivity contribution < 1.29 is 4.79 Å². The first-order valence-corrected chi connectivity index (χ1v) is 5.23. The first kappa shape index (κ1) is 11.5. The van der Waals surface area contributed by atoms with Crippen LogP contribution in [-0.4, -0.2) is 50.6 Å². The van der Waals surface area contributed by atoms with E-state index in [0.29, 0.717) is 18.5 Å². The molecule has 14 heavy (non-hydrogen) atoms. The summed E-state index contributed by atoms with van der Waals surface area (Å²) in [5, 5.41) is 6.14. The first-order chi connectivity index (χ1) is 6.61. The highest BCUT2D eigenvalue weighted by Crippen LogP contribution is 2.15. The highest BCUT2D eigenvalue weighted by Gasteiger charge is 2.25. The van der Waals surface area contributed by atoms with Crippen molar-refractivity contribution >= 4 is 5.91 Å². The van der Waals surface area contributed by atoms with E-state index >= 15 is 0 Å². The predicted molar refractivity (Wildman–Crippen MR) is 57.2 cm³/mol. The molecule has 1 fully saturated rings. The number of nitrogens with zero attached hydrogens (tertiary/aromatic N) is 1. The maximum Gasteiger partial charge on any atom is 0.221 e. The molecule has 0 spiro atoms. The molecule has 1 amide bonds. The van der Waals surface area contributed by atoms with E-state index in [1.165, 1.54) is 6.42 Å². The van der Waals surface area contributed by atoms with Crippen molar-refractivity contribution in [1.29, 1.82) is 0 Å². The Labute approximate surface area is 86.0 Å². The van der Waals surface area contributed by atoms with Gasteiger partial charge >= 0.3 is 0 Å². The minimum Gasteiger partial charge on any atom is -0.359 e. The standard InChI is InChI=1S/C10H21N3O/c1-11-10(14)6-8-4-5-9(12-8)7-13(2)3/h8-9,12H,4-7H2,1-3H3,(H,11,14)/t8-,9+/m1/s1. The molecule has 0 radical (unpaired) electrons. The summed E-state index contributed by atoms with van der Waals surface area (Å²) in [6.07, 6.45) is 2.91. The molecule has 1 aliphatic heterocycles. The monoisotopic (exact) mass is 199 g/mol. The van der Waals surface area contributed by atoms with E-state index in [2.05, 4.69) is 29.6 Å². The molecule has 4 heteroatoms. The summed E-state index contributed by atoms with van der Waals surface area (Å²) in [4.78, 5) is 13.3. The molecule has 0 aromatic heterocycles. The summed E-state index contributed by atoms with van der Waals surface area (Å²) in [5.74, 6) is 0.132. The lowest BCUT2D eigenvalue weighted by Crippen LogP contribution is -2.38. The second-order valence-corrected chi connectivity index (χ2v) is 4.28. The Hall–Kier alpha value is -0.610. The minimum atomic E-state index is 0.132. The maximum absolute atomic E-state index is 11.1. The van der Waals surface area contributed by atoms with Crippen LogP contribution in [0.25, 0.3) is 0 Å². The van der Waals surface area contributed by atoms with Crippen molar-refractivity contribution in [3.63, 3.8) is 0 Å². The second-order valence-electron chi connectivity index (χ2n) is 4.28. The third kappa shape index (κ3) is 3.64. The fraction of sp³-hybridized carbons (Fsp3) is 0.900. The lowest BCUT2D eigenvalue weighted by atomic mass is 10.1. The van der Waals surface area contributed by atoms with Gasteiger partial charge in [-0.1, -0.05) is 0 Å². The molecule has 0 aromatic carbocycles. The third-order valence-electron chi connectivity index (χ3n) is 2.63. The highest BCUT2D eigenvalue weighted by atomic mass is 16.1. The molecule has 1 aliphatic rings. The molecule has 0 saturated carbocycles. The molecule has 0 aromatic rings. The molecule has 4 nitrogen and oxygen atoms in total. The van der Waals surface area contributed by atoms with Gasteiger partial charge in [-0.2, -0.15) is 0 Å². The van der Waals surface area contributed by atoms with Crippen LogP contribution in [0.1, 0.15) is 19.3 Å². The normalized spacial score (nSPS) is 26.9. The summed E-state index contributed by atoms with van der Waals surface area (Å²) in [6, 6.07) is 0.930.